The van der Waals surface area contributed by atoms with E-state index < -0.39 is 0 Å². The number of aryl methyl sites for hydroxylation is 1. The van der Waals surface area contributed by atoms with Crippen LogP contribution in [0, 0.1) is 0 Å². The van der Waals surface area contributed by atoms with Crippen LogP contribution in [0.3, 0.4) is 0 Å². The Balaban J connectivity index is 2.00. The molecule has 0 radical (unpaired) electrons. The Labute approximate surface area is 155 Å². The molecule has 0 aliphatic rings. The van der Waals surface area contributed by atoms with Crippen molar-refractivity contribution in [3.63, 3.8) is 0 Å². The first-order valence-corrected chi connectivity index (χ1v) is 9.22. The fourth-order valence-corrected chi connectivity index (χ4v) is 2.83. The molecule has 0 saturated heterocycles. The summed E-state index contributed by atoms with van der Waals surface area (Å²) in [5.41, 5.74) is 4.06. The molecule has 1 aromatic heterocycles. The van der Waals surface area contributed by atoms with Crippen LogP contribution in [0.4, 0.5) is 0 Å². The highest BCUT2D eigenvalue weighted by molar-refractivity contribution is 5.73. The van der Waals surface area contributed by atoms with Crippen LogP contribution in [0.15, 0.2) is 54.6 Å². The van der Waals surface area contributed by atoms with Crippen LogP contribution < -0.4 is 9.47 Å². The second-order valence-electron chi connectivity index (χ2n) is 6.26. The molecule has 0 atom stereocenters. The predicted molar refractivity (Wildman–Crippen MR) is 106 cm³/mol. The molecule has 0 aliphatic carbocycles. The molecule has 4 heteroatoms. The number of hydrogen-bond donors (Lipinski definition) is 0. The molecule has 0 unspecified atom stereocenters. The number of benzene rings is 2. The van der Waals surface area contributed by atoms with Crippen molar-refractivity contribution in [3.05, 3.63) is 54.6 Å². The Morgan fingerprint density at radius 1 is 0.885 bits per heavy atom. The van der Waals surface area contributed by atoms with E-state index in [0.29, 0.717) is 13.2 Å². The van der Waals surface area contributed by atoms with E-state index in [4.69, 9.17) is 14.6 Å². The van der Waals surface area contributed by atoms with Crippen molar-refractivity contribution in [2.24, 2.45) is 7.05 Å². The number of ether oxygens (including phenoxy) is 2. The minimum Gasteiger partial charge on any atom is -0.494 e. The molecule has 0 saturated carbocycles. The zero-order valence-electron chi connectivity index (χ0n) is 15.7. The number of hydrogen-bond acceptors (Lipinski definition) is 3. The van der Waals surface area contributed by atoms with Gasteiger partial charge in [0.05, 0.1) is 24.6 Å². The van der Waals surface area contributed by atoms with Crippen molar-refractivity contribution in [3.8, 4) is 34.0 Å². The van der Waals surface area contributed by atoms with Crippen LogP contribution in [-0.2, 0) is 7.05 Å². The normalized spacial score (nSPS) is 10.7. The van der Waals surface area contributed by atoms with E-state index in [1.165, 1.54) is 0 Å². The molecular weight excluding hydrogens is 324 g/mol. The average molecular weight is 350 g/mol. The molecule has 3 aromatic rings. The standard InChI is InChI=1S/C22H26N2O2/c1-4-13-25-18-11-12-22(26-14-5-2)19(15-18)20-16-21(24(3)23-20)17-9-7-6-8-10-17/h6-12,15-16H,4-5,13-14H2,1-3H3. The van der Waals surface area contributed by atoms with Gasteiger partial charge in [-0.25, -0.2) is 0 Å². The van der Waals surface area contributed by atoms with Crippen molar-refractivity contribution in [2.75, 3.05) is 13.2 Å². The summed E-state index contributed by atoms with van der Waals surface area (Å²) >= 11 is 0. The topological polar surface area (TPSA) is 36.3 Å². The Morgan fingerprint density at radius 3 is 2.35 bits per heavy atom. The van der Waals surface area contributed by atoms with Crippen LogP contribution in [0.5, 0.6) is 11.5 Å². The Kier molecular flexibility index (Phi) is 5.95. The summed E-state index contributed by atoms with van der Waals surface area (Å²) in [5, 5.41) is 4.73. The van der Waals surface area contributed by atoms with Gasteiger partial charge >= 0.3 is 0 Å². The van der Waals surface area contributed by atoms with Gasteiger partial charge in [-0.2, -0.15) is 5.10 Å². The van der Waals surface area contributed by atoms with Gasteiger partial charge in [0.2, 0.25) is 0 Å². The maximum absolute atomic E-state index is 5.95. The van der Waals surface area contributed by atoms with Gasteiger partial charge in [0.15, 0.2) is 0 Å². The molecule has 136 valence electrons. The summed E-state index contributed by atoms with van der Waals surface area (Å²) in [6.07, 6.45) is 1.94. The SMILES string of the molecule is CCCOc1ccc(OCCC)c(-c2cc(-c3ccccc3)n(C)n2)c1. The number of rotatable bonds is 8. The van der Waals surface area contributed by atoms with Crippen molar-refractivity contribution in [1.82, 2.24) is 9.78 Å². The highest BCUT2D eigenvalue weighted by atomic mass is 16.5. The lowest BCUT2D eigenvalue weighted by Gasteiger charge is -2.12. The summed E-state index contributed by atoms with van der Waals surface area (Å²) in [6, 6.07) is 18.4. The summed E-state index contributed by atoms with van der Waals surface area (Å²) in [5.74, 6) is 1.69. The second-order valence-corrected chi connectivity index (χ2v) is 6.26. The van der Waals surface area contributed by atoms with E-state index in [1.807, 2.05) is 48.1 Å². The molecule has 0 bridgehead atoms. The Bertz CT molecular complexity index is 841. The largest absolute Gasteiger partial charge is 0.494 e. The van der Waals surface area contributed by atoms with Crippen molar-refractivity contribution < 1.29 is 9.47 Å². The molecule has 0 N–H and O–H groups in total. The molecule has 2 aromatic carbocycles. The molecular formula is C22H26N2O2. The lowest BCUT2D eigenvalue weighted by atomic mass is 10.1. The van der Waals surface area contributed by atoms with Gasteiger partial charge in [-0.3, -0.25) is 4.68 Å². The molecule has 4 nitrogen and oxygen atoms in total. The van der Waals surface area contributed by atoms with Gasteiger partial charge in [0, 0.05) is 12.6 Å². The lowest BCUT2D eigenvalue weighted by Crippen LogP contribution is -2.00. The third-order valence-electron chi connectivity index (χ3n) is 4.11. The third kappa shape index (κ3) is 4.07. The quantitative estimate of drug-likeness (QED) is 0.551. The Morgan fingerprint density at radius 2 is 1.62 bits per heavy atom. The highest BCUT2D eigenvalue weighted by Gasteiger charge is 2.14. The molecule has 26 heavy (non-hydrogen) atoms. The van der Waals surface area contributed by atoms with Crippen molar-refractivity contribution in [1.29, 1.82) is 0 Å². The predicted octanol–water partition coefficient (Wildman–Crippen LogP) is 5.33. The van der Waals surface area contributed by atoms with Gasteiger partial charge in [-0.15, -0.1) is 0 Å². The molecule has 0 amide bonds. The van der Waals surface area contributed by atoms with Crippen LogP contribution in [0.1, 0.15) is 26.7 Å². The van der Waals surface area contributed by atoms with Crippen LogP contribution in [-0.4, -0.2) is 23.0 Å². The van der Waals surface area contributed by atoms with E-state index in [9.17, 15) is 0 Å². The van der Waals surface area contributed by atoms with Gasteiger partial charge in [0.1, 0.15) is 11.5 Å². The van der Waals surface area contributed by atoms with E-state index in [1.54, 1.807) is 0 Å². The van der Waals surface area contributed by atoms with Gasteiger partial charge in [-0.05, 0) is 42.7 Å². The van der Waals surface area contributed by atoms with E-state index in [-0.39, 0.29) is 0 Å². The summed E-state index contributed by atoms with van der Waals surface area (Å²) < 4.78 is 13.7. The number of aromatic nitrogens is 2. The molecule has 0 spiro atoms. The van der Waals surface area contributed by atoms with Gasteiger partial charge in [0.25, 0.3) is 0 Å². The molecule has 0 aliphatic heterocycles. The minimum atomic E-state index is 0.681. The maximum atomic E-state index is 5.95. The summed E-state index contributed by atoms with van der Waals surface area (Å²) in [4.78, 5) is 0. The first kappa shape index (κ1) is 18.1. The van der Waals surface area contributed by atoms with Gasteiger partial charge in [-0.1, -0.05) is 44.2 Å². The monoisotopic (exact) mass is 350 g/mol. The first-order valence-electron chi connectivity index (χ1n) is 9.22. The van der Waals surface area contributed by atoms with Crippen LogP contribution >= 0.6 is 0 Å². The summed E-state index contributed by atoms with van der Waals surface area (Å²) in [7, 11) is 1.97. The lowest BCUT2D eigenvalue weighted by molar-refractivity contribution is 0.309. The summed E-state index contributed by atoms with van der Waals surface area (Å²) in [6.45, 7) is 5.59. The smallest absolute Gasteiger partial charge is 0.129 e. The highest BCUT2D eigenvalue weighted by Crippen LogP contribution is 2.35. The fourth-order valence-electron chi connectivity index (χ4n) is 2.83. The fraction of sp³-hybridized carbons (Fsp3) is 0.318. The van der Waals surface area contributed by atoms with E-state index >= 15 is 0 Å². The van der Waals surface area contributed by atoms with Crippen molar-refractivity contribution in [2.45, 2.75) is 26.7 Å². The average Bonchev–Trinajstić information content (AvgIpc) is 3.07. The van der Waals surface area contributed by atoms with E-state index in [2.05, 4.69) is 32.0 Å². The van der Waals surface area contributed by atoms with Gasteiger partial charge < -0.3 is 9.47 Å². The van der Waals surface area contributed by atoms with Crippen LogP contribution in [0.2, 0.25) is 0 Å². The molecule has 3 rings (SSSR count). The Hall–Kier alpha value is -2.75. The van der Waals surface area contributed by atoms with Crippen molar-refractivity contribution >= 4 is 0 Å². The zero-order valence-corrected chi connectivity index (χ0v) is 15.7. The second kappa shape index (κ2) is 8.56. The molecule has 0 fully saturated rings. The van der Waals surface area contributed by atoms with Crippen LogP contribution in [0.25, 0.3) is 22.5 Å². The first-order chi connectivity index (χ1) is 12.7. The number of nitrogens with zero attached hydrogens (tertiary/aromatic N) is 2. The zero-order chi connectivity index (χ0) is 18.4. The maximum Gasteiger partial charge on any atom is 0.129 e. The molecule has 1 heterocycles. The van der Waals surface area contributed by atoms with E-state index in [0.717, 1.165) is 46.9 Å². The third-order valence-corrected chi connectivity index (χ3v) is 4.11. The minimum absolute atomic E-state index is 0.681.